The van der Waals surface area contributed by atoms with Crippen LogP contribution in [0.4, 0.5) is 0 Å². The zero-order valence-corrected chi connectivity index (χ0v) is 15.5. The molecule has 0 unspecified atom stereocenters. The molecule has 1 aliphatic rings. The van der Waals surface area contributed by atoms with Gasteiger partial charge in [-0.05, 0) is 25.0 Å². The third-order valence-corrected chi connectivity index (χ3v) is 5.71. The molecule has 0 atom stereocenters. The molecule has 0 bridgehead atoms. The fourth-order valence-corrected chi connectivity index (χ4v) is 4.12. The van der Waals surface area contributed by atoms with Gasteiger partial charge in [-0.1, -0.05) is 56.0 Å². The fraction of sp³-hybridized carbons (Fsp3) is 0.526. The molecule has 6 heteroatoms. The van der Waals surface area contributed by atoms with Gasteiger partial charge in [-0.2, -0.15) is 0 Å². The lowest BCUT2D eigenvalue weighted by Gasteiger charge is -2.20. The van der Waals surface area contributed by atoms with E-state index < -0.39 is 0 Å². The molecule has 1 N–H and O–H groups in total. The average molecular weight is 359 g/mol. The summed E-state index contributed by atoms with van der Waals surface area (Å²) in [6, 6.07) is 7.82. The first-order chi connectivity index (χ1) is 12.1. The third-order valence-electron chi connectivity index (χ3n) is 4.76. The maximum Gasteiger partial charge on any atom is 0.283 e. The molecule has 1 amide bonds. The molecule has 3 rings (SSSR count). The Morgan fingerprint density at radius 1 is 1.20 bits per heavy atom. The lowest BCUT2D eigenvalue weighted by atomic mass is 9.97. The average Bonchev–Trinajstić information content (AvgIpc) is 2.59. The molecular formula is C19H25N3O2S. The van der Waals surface area contributed by atoms with E-state index in [1.807, 2.05) is 24.3 Å². The van der Waals surface area contributed by atoms with Crippen LogP contribution in [0.1, 0.15) is 44.9 Å². The number of benzene rings is 1. The molecule has 134 valence electrons. The predicted octanol–water partition coefficient (Wildman–Crippen LogP) is 3.25. The van der Waals surface area contributed by atoms with E-state index in [9.17, 15) is 9.59 Å². The minimum absolute atomic E-state index is 0.00687. The monoisotopic (exact) mass is 359 g/mol. The van der Waals surface area contributed by atoms with Crippen LogP contribution in [0.15, 0.2) is 34.1 Å². The summed E-state index contributed by atoms with van der Waals surface area (Å²) in [5.41, 5.74) is 1.42. The Morgan fingerprint density at radius 2 is 1.88 bits per heavy atom. The fourth-order valence-electron chi connectivity index (χ4n) is 3.35. The third kappa shape index (κ3) is 4.63. The Morgan fingerprint density at radius 3 is 2.64 bits per heavy atom. The van der Waals surface area contributed by atoms with E-state index in [0.717, 1.165) is 23.9 Å². The molecule has 25 heavy (non-hydrogen) atoms. The quantitative estimate of drug-likeness (QED) is 0.851. The number of carbonyl (C=O) groups excluding carboxylic acids is 1. The first kappa shape index (κ1) is 18.0. The van der Waals surface area contributed by atoms with Crippen molar-refractivity contribution in [2.75, 3.05) is 5.75 Å². The topological polar surface area (TPSA) is 64.0 Å². The van der Waals surface area contributed by atoms with Crippen molar-refractivity contribution in [2.45, 2.75) is 56.0 Å². The van der Waals surface area contributed by atoms with Crippen LogP contribution in [0.3, 0.4) is 0 Å². The van der Waals surface area contributed by atoms with Gasteiger partial charge in [0, 0.05) is 13.1 Å². The first-order valence-electron chi connectivity index (χ1n) is 9.03. The zero-order valence-electron chi connectivity index (χ0n) is 14.7. The summed E-state index contributed by atoms with van der Waals surface area (Å²) >= 11 is 1.23. The molecule has 1 heterocycles. The summed E-state index contributed by atoms with van der Waals surface area (Å²) in [4.78, 5) is 29.1. The van der Waals surface area contributed by atoms with E-state index in [1.165, 1.54) is 43.9 Å². The number of fused-ring (bicyclic) bond motifs is 1. The highest BCUT2D eigenvalue weighted by atomic mass is 32.2. The standard InChI is InChI=1S/C19H25N3O2S/c1-22-16-12-8-7-11-15(16)21-18(19(22)24)25-13-17(23)20-14-9-5-3-2-4-6-10-14/h7-8,11-12,14H,2-6,9-10,13H2,1H3,(H,20,23). The van der Waals surface area contributed by atoms with Gasteiger partial charge in [0.2, 0.25) is 5.91 Å². The van der Waals surface area contributed by atoms with Crippen LogP contribution in [0.5, 0.6) is 0 Å². The van der Waals surface area contributed by atoms with Crippen molar-refractivity contribution in [1.82, 2.24) is 14.9 Å². The van der Waals surface area contributed by atoms with Crippen molar-refractivity contribution in [3.8, 4) is 0 Å². The van der Waals surface area contributed by atoms with Crippen LogP contribution in [0, 0.1) is 0 Å². The predicted molar refractivity (Wildman–Crippen MR) is 102 cm³/mol. The molecular weight excluding hydrogens is 334 g/mol. The van der Waals surface area contributed by atoms with Gasteiger partial charge in [0.1, 0.15) is 0 Å². The number of carbonyl (C=O) groups is 1. The Hall–Kier alpha value is -1.82. The summed E-state index contributed by atoms with van der Waals surface area (Å²) in [5.74, 6) is 0.226. The van der Waals surface area contributed by atoms with Crippen molar-refractivity contribution in [3.05, 3.63) is 34.6 Å². The molecule has 1 fully saturated rings. The van der Waals surface area contributed by atoms with Crippen LogP contribution in [0.2, 0.25) is 0 Å². The highest BCUT2D eigenvalue weighted by molar-refractivity contribution is 7.99. The van der Waals surface area contributed by atoms with E-state index in [4.69, 9.17) is 0 Å². The molecule has 1 aromatic heterocycles. The molecule has 5 nitrogen and oxygen atoms in total. The number of hydrogen-bond donors (Lipinski definition) is 1. The van der Waals surface area contributed by atoms with Gasteiger partial charge in [0.05, 0.1) is 16.8 Å². The van der Waals surface area contributed by atoms with Crippen LogP contribution in [-0.4, -0.2) is 27.3 Å². The molecule has 1 saturated carbocycles. The van der Waals surface area contributed by atoms with Gasteiger partial charge >= 0.3 is 0 Å². The first-order valence-corrected chi connectivity index (χ1v) is 10.0. The summed E-state index contributed by atoms with van der Waals surface area (Å²) < 4.78 is 1.59. The summed E-state index contributed by atoms with van der Waals surface area (Å²) in [7, 11) is 1.74. The SMILES string of the molecule is Cn1c(=O)c(SCC(=O)NC2CCCCCCC2)nc2ccccc21. The second-order valence-electron chi connectivity index (χ2n) is 6.67. The zero-order chi connectivity index (χ0) is 17.6. The molecule has 1 aliphatic carbocycles. The Labute approximate surface area is 152 Å². The maximum atomic E-state index is 12.4. The molecule has 0 radical (unpaired) electrons. The van der Waals surface area contributed by atoms with E-state index in [1.54, 1.807) is 11.6 Å². The van der Waals surface area contributed by atoms with Gasteiger partial charge in [0.25, 0.3) is 5.56 Å². The normalized spacial score (nSPS) is 16.4. The molecule has 0 spiro atoms. The van der Waals surface area contributed by atoms with Crippen molar-refractivity contribution < 1.29 is 4.79 Å². The van der Waals surface area contributed by atoms with Gasteiger partial charge < -0.3 is 9.88 Å². The molecule has 0 aliphatic heterocycles. The minimum Gasteiger partial charge on any atom is -0.353 e. The van der Waals surface area contributed by atoms with Crippen LogP contribution < -0.4 is 10.9 Å². The minimum atomic E-state index is -0.151. The summed E-state index contributed by atoms with van der Waals surface area (Å²) in [6.07, 6.45) is 8.33. The lowest BCUT2D eigenvalue weighted by molar-refractivity contribution is -0.119. The van der Waals surface area contributed by atoms with Crippen molar-refractivity contribution in [1.29, 1.82) is 0 Å². The Bertz CT molecular complexity index is 795. The number of thioether (sulfide) groups is 1. The lowest BCUT2D eigenvalue weighted by Crippen LogP contribution is -2.36. The highest BCUT2D eigenvalue weighted by Crippen LogP contribution is 2.18. The summed E-state index contributed by atoms with van der Waals surface area (Å²) in [6.45, 7) is 0. The van der Waals surface area contributed by atoms with Gasteiger partial charge in [0.15, 0.2) is 5.03 Å². The molecule has 0 saturated heterocycles. The van der Waals surface area contributed by atoms with Crippen molar-refractivity contribution in [3.63, 3.8) is 0 Å². The van der Waals surface area contributed by atoms with Gasteiger partial charge in [-0.25, -0.2) is 4.98 Å². The van der Waals surface area contributed by atoms with E-state index in [-0.39, 0.29) is 23.3 Å². The number of amides is 1. The Balaban J connectivity index is 1.63. The van der Waals surface area contributed by atoms with Crippen molar-refractivity contribution in [2.24, 2.45) is 7.05 Å². The Kier molecular flexibility index (Phi) is 6.13. The van der Waals surface area contributed by atoms with Crippen molar-refractivity contribution >= 4 is 28.7 Å². The smallest absolute Gasteiger partial charge is 0.283 e. The van der Waals surface area contributed by atoms with Crippen LogP contribution in [0.25, 0.3) is 11.0 Å². The van der Waals surface area contributed by atoms with E-state index in [2.05, 4.69) is 10.3 Å². The highest BCUT2D eigenvalue weighted by Gasteiger charge is 2.16. The number of para-hydroxylation sites is 2. The van der Waals surface area contributed by atoms with E-state index >= 15 is 0 Å². The van der Waals surface area contributed by atoms with Gasteiger partial charge in [-0.3, -0.25) is 9.59 Å². The van der Waals surface area contributed by atoms with E-state index in [0.29, 0.717) is 5.03 Å². The number of nitrogens with one attached hydrogen (secondary N) is 1. The maximum absolute atomic E-state index is 12.4. The molecule has 1 aromatic carbocycles. The van der Waals surface area contributed by atoms with Gasteiger partial charge in [-0.15, -0.1) is 0 Å². The summed E-state index contributed by atoms with van der Waals surface area (Å²) in [5, 5.41) is 3.52. The number of rotatable bonds is 4. The largest absolute Gasteiger partial charge is 0.353 e. The number of aromatic nitrogens is 2. The number of nitrogens with zero attached hydrogens (tertiary/aromatic N) is 2. The second-order valence-corrected chi connectivity index (χ2v) is 7.63. The second kappa shape index (κ2) is 8.52. The molecule has 2 aromatic rings. The number of hydrogen-bond acceptors (Lipinski definition) is 4. The van der Waals surface area contributed by atoms with Crippen LogP contribution >= 0.6 is 11.8 Å². The van der Waals surface area contributed by atoms with Crippen LogP contribution in [-0.2, 0) is 11.8 Å². The number of aryl methyl sites for hydroxylation is 1.